The number of oxime groups is 1. The van der Waals surface area contributed by atoms with Crippen LogP contribution >= 0.6 is 0 Å². The van der Waals surface area contributed by atoms with Gasteiger partial charge in [0, 0.05) is 47.9 Å². The summed E-state index contributed by atoms with van der Waals surface area (Å²) in [6.45, 7) is 13.4. The minimum atomic E-state index is -0.655. The van der Waals surface area contributed by atoms with E-state index < -0.39 is 11.5 Å². The maximum absolute atomic E-state index is 13.8. The van der Waals surface area contributed by atoms with E-state index in [4.69, 9.17) is 9.57 Å². The number of rotatable bonds is 13. The smallest absolute Gasteiger partial charge is 0.365 e. The molecule has 7 nitrogen and oxygen atoms in total. The molecule has 212 valence electrons. The predicted molar refractivity (Wildman–Crippen MR) is 160 cm³/mol. The Hall–Kier alpha value is -3.55. The fourth-order valence-corrected chi connectivity index (χ4v) is 5.26. The highest BCUT2D eigenvalue weighted by Gasteiger charge is 2.36. The van der Waals surface area contributed by atoms with Gasteiger partial charge in [0.2, 0.25) is 0 Å². The Morgan fingerprint density at radius 2 is 1.80 bits per heavy atom. The van der Waals surface area contributed by atoms with E-state index >= 15 is 0 Å². The van der Waals surface area contributed by atoms with E-state index in [-0.39, 0.29) is 5.78 Å². The molecule has 0 N–H and O–H groups in total. The maximum atomic E-state index is 13.8. The van der Waals surface area contributed by atoms with E-state index in [0.29, 0.717) is 36.5 Å². The van der Waals surface area contributed by atoms with Crippen LogP contribution in [0.2, 0.25) is 0 Å². The predicted octanol–water partition coefficient (Wildman–Crippen LogP) is 6.65. The first-order valence-corrected chi connectivity index (χ1v) is 14.3. The minimum absolute atomic E-state index is 0.0740. The van der Waals surface area contributed by atoms with Crippen LogP contribution in [0.15, 0.2) is 72.5 Å². The zero-order valence-corrected chi connectivity index (χ0v) is 24.0. The summed E-state index contributed by atoms with van der Waals surface area (Å²) in [5.41, 5.74) is 3.07. The standard InChI is InChI=1S/C33H41N3O4/c1-5-7-8-9-13-16-29(34-40-32(38)25-14-11-10-12-15-25)28-24-35(6-2)30-18-17-26(23-27(28)30)31(37)33(3,4)36-19-21-39-22-20-36/h5,10-12,14-15,17-18,23-24H,1,6-9,13,16,19-22H2,2-4H3/b34-29+. The molecule has 0 bridgehead atoms. The third-order valence-corrected chi connectivity index (χ3v) is 7.72. The van der Waals surface area contributed by atoms with Crippen LogP contribution in [0.3, 0.4) is 0 Å². The second kappa shape index (κ2) is 13.7. The lowest BCUT2D eigenvalue weighted by molar-refractivity contribution is -0.00429. The summed E-state index contributed by atoms with van der Waals surface area (Å²) in [6, 6.07) is 14.8. The number of Topliss-reactive ketones (excluding diaryl/α,β-unsaturated/α-hetero) is 1. The Kier molecular flexibility index (Phi) is 10.1. The second-order valence-electron chi connectivity index (χ2n) is 10.7. The number of morpholine rings is 1. The molecule has 0 spiro atoms. The number of ketones is 1. The Labute approximate surface area is 237 Å². The van der Waals surface area contributed by atoms with Crippen molar-refractivity contribution in [1.82, 2.24) is 9.47 Å². The van der Waals surface area contributed by atoms with E-state index in [1.807, 2.05) is 44.2 Å². The number of ether oxygens (including phenoxy) is 1. The normalized spacial score (nSPS) is 14.8. The molecule has 0 amide bonds. The summed E-state index contributed by atoms with van der Waals surface area (Å²) in [4.78, 5) is 34.2. The molecule has 0 radical (unpaired) electrons. The summed E-state index contributed by atoms with van der Waals surface area (Å²) >= 11 is 0. The number of hydrogen-bond acceptors (Lipinski definition) is 6. The quantitative estimate of drug-likeness (QED) is 0.0603. The summed E-state index contributed by atoms with van der Waals surface area (Å²) in [5, 5.41) is 5.35. The maximum Gasteiger partial charge on any atom is 0.365 e. The van der Waals surface area contributed by atoms with E-state index in [9.17, 15) is 9.59 Å². The number of aryl methyl sites for hydroxylation is 1. The van der Waals surface area contributed by atoms with Crippen molar-refractivity contribution >= 4 is 28.4 Å². The van der Waals surface area contributed by atoms with Gasteiger partial charge >= 0.3 is 5.97 Å². The van der Waals surface area contributed by atoms with Gasteiger partial charge < -0.3 is 14.1 Å². The van der Waals surface area contributed by atoms with Gasteiger partial charge in [-0.2, -0.15) is 0 Å². The zero-order chi connectivity index (χ0) is 28.5. The Morgan fingerprint density at radius 1 is 1.05 bits per heavy atom. The number of fused-ring (bicyclic) bond motifs is 1. The van der Waals surface area contributed by atoms with E-state index in [1.165, 1.54) is 0 Å². The van der Waals surface area contributed by atoms with Crippen LogP contribution in [-0.4, -0.2) is 58.8 Å². The van der Waals surface area contributed by atoms with Crippen LogP contribution in [0.1, 0.15) is 79.2 Å². The molecule has 0 saturated carbocycles. The summed E-state index contributed by atoms with van der Waals surface area (Å²) in [5.74, 6) is -0.419. The SMILES string of the molecule is C=CCCCCC/C(=N\OC(=O)c1ccccc1)c1cn(CC)c2ccc(C(=O)C(C)(C)N3CCOCC3)cc12. The van der Waals surface area contributed by atoms with Crippen LogP contribution in [0.25, 0.3) is 10.9 Å². The molecular weight excluding hydrogens is 502 g/mol. The van der Waals surface area contributed by atoms with E-state index in [0.717, 1.165) is 61.8 Å². The first kappa shape index (κ1) is 29.4. The lowest BCUT2D eigenvalue weighted by Crippen LogP contribution is -2.54. The largest absolute Gasteiger partial charge is 0.379 e. The van der Waals surface area contributed by atoms with Crippen molar-refractivity contribution < 1.29 is 19.2 Å². The molecule has 2 heterocycles. The molecule has 0 unspecified atom stereocenters. The molecule has 1 saturated heterocycles. The van der Waals surface area contributed by atoms with Gasteiger partial charge in [0.05, 0.1) is 30.0 Å². The number of aromatic nitrogens is 1. The Bertz CT molecular complexity index is 1350. The van der Waals surface area contributed by atoms with Gasteiger partial charge in [-0.3, -0.25) is 9.69 Å². The number of nitrogens with zero attached hydrogens (tertiary/aromatic N) is 3. The third-order valence-electron chi connectivity index (χ3n) is 7.72. The minimum Gasteiger partial charge on any atom is -0.379 e. The molecular formula is C33H41N3O4. The van der Waals surface area contributed by atoms with Crippen molar-refractivity contribution in [3.8, 4) is 0 Å². The lowest BCUT2D eigenvalue weighted by atomic mass is 9.89. The van der Waals surface area contributed by atoms with Gasteiger partial charge in [0.1, 0.15) is 0 Å². The van der Waals surface area contributed by atoms with Crippen molar-refractivity contribution in [3.63, 3.8) is 0 Å². The van der Waals surface area contributed by atoms with Crippen LogP contribution in [0.4, 0.5) is 0 Å². The highest BCUT2D eigenvalue weighted by atomic mass is 16.7. The highest BCUT2D eigenvalue weighted by Crippen LogP contribution is 2.29. The molecule has 7 heteroatoms. The van der Waals surface area contributed by atoms with Crippen molar-refractivity contribution in [1.29, 1.82) is 0 Å². The van der Waals surface area contributed by atoms with Gasteiger partial charge in [-0.05, 0) is 76.8 Å². The van der Waals surface area contributed by atoms with Crippen LogP contribution in [0, 0.1) is 0 Å². The lowest BCUT2D eigenvalue weighted by Gasteiger charge is -2.39. The van der Waals surface area contributed by atoms with Gasteiger partial charge in [-0.25, -0.2) is 4.79 Å². The fraction of sp³-hybridized carbons (Fsp3) is 0.424. The van der Waals surface area contributed by atoms with Crippen LogP contribution < -0.4 is 0 Å². The van der Waals surface area contributed by atoms with Crippen molar-refractivity contribution in [2.75, 3.05) is 26.3 Å². The molecule has 1 aliphatic rings. The molecule has 2 aromatic carbocycles. The first-order valence-electron chi connectivity index (χ1n) is 14.3. The Balaban J connectivity index is 1.69. The number of allylic oxidation sites excluding steroid dienone is 1. The zero-order valence-electron chi connectivity index (χ0n) is 24.0. The molecule has 1 aliphatic heterocycles. The molecule has 3 aromatic rings. The van der Waals surface area contributed by atoms with Crippen molar-refractivity contribution in [2.45, 2.75) is 65.0 Å². The molecule has 0 atom stereocenters. The molecule has 4 rings (SSSR count). The highest BCUT2D eigenvalue weighted by molar-refractivity contribution is 6.13. The van der Waals surface area contributed by atoms with E-state index in [1.54, 1.807) is 24.3 Å². The van der Waals surface area contributed by atoms with Crippen molar-refractivity contribution in [2.24, 2.45) is 5.16 Å². The van der Waals surface area contributed by atoms with Crippen LogP contribution in [0.5, 0.6) is 0 Å². The summed E-state index contributed by atoms with van der Waals surface area (Å²) in [6.07, 6.45) is 8.58. The van der Waals surface area contributed by atoms with E-state index in [2.05, 4.69) is 34.3 Å². The van der Waals surface area contributed by atoms with Crippen LogP contribution in [-0.2, 0) is 16.1 Å². The number of unbranched alkanes of at least 4 members (excludes halogenated alkanes) is 3. The number of hydrogen-bond donors (Lipinski definition) is 0. The topological polar surface area (TPSA) is 73.1 Å². The Morgan fingerprint density at radius 3 is 2.50 bits per heavy atom. The average Bonchev–Trinajstić information content (AvgIpc) is 3.36. The summed E-state index contributed by atoms with van der Waals surface area (Å²) in [7, 11) is 0. The third kappa shape index (κ3) is 6.77. The average molecular weight is 544 g/mol. The van der Waals surface area contributed by atoms with Gasteiger partial charge in [0.15, 0.2) is 5.78 Å². The second-order valence-corrected chi connectivity index (χ2v) is 10.7. The van der Waals surface area contributed by atoms with Gasteiger partial charge in [0.25, 0.3) is 0 Å². The van der Waals surface area contributed by atoms with Crippen molar-refractivity contribution in [3.05, 3.63) is 84.1 Å². The fourth-order valence-electron chi connectivity index (χ4n) is 5.26. The molecule has 0 aliphatic carbocycles. The number of carbonyl (C=O) groups is 2. The first-order chi connectivity index (χ1) is 19.4. The number of carbonyl (C=O) groups excluding carboxylic acids is 2. The number of benzene rings is 2. The van der Waals surface area contributed by atoms with Gasteiger partial charge in [-0.1, -0.05) is 35.9 Å². The summed E-state index contributed by atoms with van der Waals surface area (Å²) < 4.78 is 7.66. The monoisotopic (exact) mass is 543 g/mol. The molecule has 1 fully saturated rings. The molecule has 40 heavy (non-hydrogen) atoms. The van der Waals surface area contributed by atoms with Gasteiger partial charge in [-0.15, -0.1) is 6.58 Å². The molecule has 1 aromatic heterocycles.